The Morgan fingerprint density at radius 1 is 1.39 bits per heavy atom. The molecule has 0 saturated heterocycles. The summed E-state index contributed by atoms with van der Waals surface area (Å²) >= 11 is 0. The molecule has 0 amide bonds. The largest absolute Gasteiger partial charge is 0.383 e. The molecule has 1 N–H and O–H groups in total. The van der Waals surface area contributed by atoms with Gasteiger partial charge in [-0.1, -0.05) is 26.7 Å². The smallest absolute Gasteiger partial charge is 0.203 e. The molecule has 0 radical (unpaired) electrons. The highest BCUT2D eigenvalue weighted by Crippen LogP contribution is 2.21. The lowest BCUT2D eigenvalue weighted by Crippen LogP contribution is -2.17. The summed E-state index contributed by atoms with van der Waals surface area (Å²) in [7, 11) is 1.76. The zero-order valence-corrected chi connectivity index (χ0v) is 12.2. The summed E-state index contributed by atoms with van der Waals surface area (Å²) in [6.07, 6.45) is 6.76. The lowest BCUT2D eigenvalue weighted by atomic mass is 10.2. The monoisotopic (exact) mass is 253 g/mol. The molecule has 0 bridgehead atoms. The first-order valence-corrected chi connectivity index (χ1v) is 7.01. The van der Waals surface area contributed by atoms with Crippen molar-refractivity contribution in [2.45, 2.75) is 52.5 Å². The van der Waals surface area contributed by atoms with Gasteiger partial charge >= 0.3 is 0 Å². The minimum absolute atomic E-state index is 0.380. The van der Waals surface area contributed by atoms with Crippen LogP contribution in [0, 0.1) is 6.92 Å². The van der Waals surface area contributed by atoms with Crippen LogP contribution in [0.25, 0.3) is 0 Å². The number of unbranched alkanes of at least 4 members (excludes halogenated alkanes) is 1. The fourth-order valence-electron chi connectivity index (χ4n) is 2.13. The van der Waals surface area contributed by atoms with Crippen LogP contribution in [0.15, 0.2) is 6.20 Å². The summed E-state index contributed by atoms with van der Waals surface area (Å²) < 4.78 is 7.56. The molecule has 1 aromatic heterocycles. The second-order valence-corrected chi connectivity index (χ2v) is 4.79. The molecule has 1 aromatic rings. The van der Waals surface area contributed by atoms with Crippen LogP contribution in [0.1, 0.15) is 51.3 Å². The highest BCUT2D eigenvalue weighted by atomic mass is 16.5. The van der Waals surface area contributed by atoms with Crippen LogP contribution < -0.4 is 5.32 Å². The van der Waals surface area contributed by atoms with E-state index in [1.165, 1.54) is 12.8 Å². The van der Waals surface area contributed by atoms with E-state index in [9.17, 15) is 0 Å². The second-order valence-electron chi connectivity index (χ2n) is 4.79. The molecule has 1 unspecified atom stereocenters. The first kappa shape index (κ1) is 15.0. The van der Waals surface area contributed by atoms with Gasteiger partial charge in [-0.15, -0.1) is 0 Å². The Labute approximate surface area is 111 Å². The molecule has 0 fully saturated rings. The molecule has 4 heteroatoms. The summed E-state index contributed by atoms with van der Waals surface area (Å²) in [5, 5.41) is 3.43. The zero-order valence-electron chi connectivity index (χ0n) is 12.2. The predicted octanol–water partition coefficient (Wildman–Crippen LogP) is 3.39. The molecular weight excluding hydrogens is 226 g/mol. The van der Waals surface area contributed by atoms with Crippen LogP contribution in [0.2, 0.25) is 0 Å². The Bertz CT molecular complexity index is 330. The number of hydrogen-bond acceptors (Lipinski definition) is 3. The first-order valence-electron chi connectivity index (χ1n) is 7.01. The van der Waals surface area contributed by atoms with Gasteiger partial charge < -0.3 is 14.6 Å². The third-order valence-corrected chi connectivity index (χ3v) is 3.04. The Morgan fingerprint density at radius 2 is 2.17 bits per heavy atom. The van der Waals surface area contributed by atoms with Crippen LogP contribution in [-0.4, -0.2) is 29.8 Å². The van der Waals surface area contributed by atoms with Gasteiger partial charge in [0.2, 0.25) is 5.95 Å². The van der Waals surface area contributed by atoms with Gasteiger partial charge in [0, 0.05) is 19.9 Å². The lowest BCUT2D eigenvalue weighted by Gasteiger charge is -2.19. The molecule has 104 valence electrons. The van der Waals surface area contributed by atoms with E-state index in [2.05, 4.69) is 34.9 Å². The fraction of sp³-hybridized carbons (Fsp3) is 0.786. The molecule has 0 saturated carbocycles. The van der Waals surface area contributed by atoms with Crippen LogP contribution in [-0.2, 0) is 4.74 Å². The Hall–Kier alpha value is -1.03. The van der Waals surface area contributed by atoms with Crippen LogP contribution >= 0.6 is 0 Å². The van der Waals surface area contributed by atoms with Gasteiger partial charge in [-0.25, -0.2) is 4.98 Å². The van der Waals surface area contributed by atoms with Crippen molar-refractivity contribution in [3.63, 3.8) is 0 Å². The normalized spacial score (nSPS) is 12.7. The van der Waals surface area contributed by atoms with Gasteiger partial charge in [0.15, 0.2) is 0 Å². The molecular formula is C14H27N3O. The van der Waals surface area contributed by atoms with Crippen LogP contribution in [0.5, 0.6) is 0 Å². The van der Waals surface area contributed by atoms with Crippen LogP contribution in [0.3, 0.4) is 0 Å². The molecule has 1 heterocycles. The molecule has 4 nitrogen and oxygen atoms in total. The number of methoxy groups -OCH3 is 1. The maximum Gasteiger partial charge on any atom is 0.203 e. The molecule has 0 aliphatic rings. The summed E-state index contributed by atoms with van der Waals surface area (Å²) in [5.74, 6) is 0.983. The highest BCUT2D eigenvalue weighted by Gasteiger charge is 2.15. The Morgan fingerprint density at radius 3 is 2.78 bits per heavy atom. The number of hydrogen-bond donors (Lipinski definition) is 1. The number of rotatable bonds is 9. The number of anilines is 1. The first-order chi connectivity index (χ1) is 8.72. The van der Waals surface area contributed by atoms with E-state index in [1.54, 1.807) is 7.11 Å². The van der Waals surface area contributed by atoms with Crippen molar-refractivity contribution >= 4 is 5.95 Å². The molecule has 0 aliphatic heterocycles. The number of aromatic nitrogens is 2. The molecule has 0 aromatic carbocycles. The quantitative estimate of drug-likeness (QED) is 0.686. The lowest BCUT2D eigenvalue weighted by molar-refractivity contribution is 0.151. The van der Waals surface area contributed by atoms with E-state index in [0.717, 1.165) is 37.6 Å². The van der Waals surface area contributed by atoms with Gasteiger partial charge in [-0.2, -0.15) is 0 Å². The van der Waals surface area contributed by atoms with Gasteiger partial charge in [0.05, 0.1) is 18.3 Å². The highest BCUT2D eigenvalue weighted by molar-refractivity contribution is 5.29. The maximum atomic E-state index is 5.32. The number of aryl methyl sites for hydroxylation is 1. The average molecular weight is 253 g/mol. The van der Waals surface area contributed by atoms with Crippen molar-refractivity contribution in [1.29, 1.82) is 0 Å². The van der Waals surface area contributed by atoms with E-state index < -0.39 is 0 Å². The second kappa shape index (κ2) is 8.14. The molecule has 1 atom stereocenters. The third kappa shape index (κ3) is 4.33. The molecule has 0 aliphatic carbocycles. The Balaban J connectivity index is 2.76. The van der Waals surface area contributed by atoms with E-state index in [4.69, 9.17) is 4.74 Å². The summed E-state index contributed by atoms with van der Waals surface area (Å²) in [5.41, 5.74) is 1.06. The van der Waals surface area contributed by atoms with Gasteiger partial charge in [0.25, 0.3) is 0 Å². The fourth-order valence-corrected chi connectivity index (χ4v) is 2.13. The molecule has 18 heavy (non-hydrogen) atoms. The van der Waals surface area contributed by atoms with E-state index in [1.807, 2.05) is 6.92 Å². The SMILES string of the molecule is CCCCNc1nc(C)cn1C(CCC)COC. The van der Waals surface area contributed by atoms with Crippen molar-refractivity contribution < 1.29 is 4.74 Å². The summed E-state index contributed by atoms with van der Waals surface area (Å²) in [6.45, 7) is 8.17. The third-order valence-electron chi connectivity index (χ3n) is 3.04. The summed E-state index contributed by atoms with van der Waals surface area (Å²) in [6, 6.07) is 0.380. The predicted molar refractivity (Wildman–Crippen MR) is 76.2 cm³/mol. The average Bonchev–Trinajstić information content (AvgIpc) is 2.71. The van der Waals surface area contributed by atoms with Crippen molar-refractivity contribution in [2.75, 3.05) is 25.6 Å². The number of ether oxygens (including phenoxy) is 1. The van der Waals surface area contributed by atoms with Crippen LogP contribution in [0.4, 0.5) is 5.95 Å². The van der Waals surface area contributed by atoms with E-state index in [-0.39, 0.29) is 0 Å². The van der Waals surface area contributed by atoms with Crippen molar-refractivity contribution in [3.05, 3.63) is 11.9 Å². The van der Waals surface area contributed by atoms with Crippen molar-refractivity contribution in [1.82, 2.24) is 9.55 Å². The molecule has 0 spiro atoms. The standard InChI is InChI=1S/C14H27N3O/c1-5-7-9-15-14-16-12(3)10-17(14)13(8-6-2)11-18-4/h10,13H,5-9,11H2,1-4H3,(H,15,16). The van der Waals surface area contributed by atoms with Gasteiger partial charge in [-0.05, 0) is 19.8 Å². The van der Waals surface area contributed by atoms with E-state index in [0.29, 0.717) is 6.04 Å². The van der Waals surface area contributed by atoms with E-state index >= 15 is 0 Å². The number of nitrogens with one attached hydrogen (secondary N) is 1. The van der Waals surface area contributed by atoms with Crippen molar-refractivity contribution in [3.8, 4) is 0 Å². The van der Waals surface area contributed by atoms with Gasteiger partial charge in [0.1, 0.15) is 0 Å². The topological polar surface area (TPSA) is 39.1 Å². The summed E-state index contributed by atoms with van der Waals surface area (Å²) in [4.78, 5) is 4.56. The Kier molecular flexibility index (Phi) is 6.80. The van der Waals surface area contributed by atoms with Gasteiger partial charge in [-0.3, -0.25) is 0 Å². The van der Waals surface area contributed by atoms with Crippen molar-refractivity contribution in [2.24, 2.45) is 0 Å². The minimum Gasteiger partial charge on any atom is -0.383 e. The molecule has 1 rings (SSSR count). The minimum atomic E-state index is 0.380. The number of imidazole rings is 1. The maximum absolute atomic E-state index is 5.32. The zero-order chi connectivity index (χ0) is 13.4. The number of nitrogens with zero attached hydrogens (tertiary/aromatic N) is 2.